The fourth-order valence-corrected chi connectivity index (χ4v) is 4.41. The van der Waals surface area contributed by atoms with Crippen LogP contribution in [0.4, 0.5) is 5.69 Å². The number of carbonyl (C=O) groups is 1. The molecule has 0 unspecified atom stereocenters. The molecule has 0 aliphatic carbocycles. The molecule has 0 fully saturated rings. The molecule has 3 aromatic rings. The van der Waals surface area contributed by atoms with Crippen LogP contribution >= 0.6 is 0 Å². The first-order chi connectivity index (χ1) is 14.5. The summed E-state index contributed by atoms with van der Waals surface area (Å²) in [7, 11) is -3.57. The predicted octanol–water partition coefficient (Wildman–Crippen LogP) is 2.67. The topological polar surface area (TPSA) is 108 Å². The normalized spacial score (nSPS) is 17.3. The molecule has 0 atom stereocenters. The summed E-state index contributed by atoms with van der Waals surface area (Å²) in [6.45, 7) is 0.268. The van der Waals surface area contributed by atoms with Crippen molar-refractivity contribution in [3.05, 3.63) is 72.5 Å². The number of hydrogen-bond donors (Lipinski definition) is 2. The number of amides is 1. The lowest BCUT2D eigenvalue weighted by Gasteiger charge is -2.28. The summed E-state index contributed by atoms with van der Waals surface area (Å²) in [6.07, 6.45) is 4.98. The Morgan fingerprint density at radius 1 is 1.13 bits per heavy atom. The number of sulfonamides is 1. The highest BCUT2D eigenvalue weighted by atomic mass is 32.2. The van der Waals surface area contributed by atoms with Gasteiger partial charge >= 0.3 is 0 Å². The zero-order valence-corrected chi connectivity index (χ0v) is 16.6. The van der Waals surface area contributed by atoms with Crippen molar-refractivity contribution >= 4 is 38.5 Å². The molecule has 0 spiro atoms. The molecule has 9 heteroatoms. The standard InChI is InChI=1S/C21H17N5O3S/c27-21(16-7-4-10-26-11-12-30(28,29)25-20(16)26)22-15-6-3-5-14(13-15)19-23-17-8-1-2-9-18(17)24-19/h1-10,13H,11-12H2,(H,22,27)(H,23,24). The number of carbonyl (C=O) groups excluding carboxylic acids is 1. The van der Waals surface area contributed by atoms with Gasteiger partial charge in [0.05, 0.1) is 22.4 Å². The molecular weight excluding hydrogens is 402 g/mol. The van der Waals surface area contributed by atoms with Gasteiger partial charge in [0.1, 0.15) is 5.82 Å². The second kappa shape index (κ2) is 6.96. The maximum Gasteiger partial charge on any atom is 0.259 e. The van der Waals surface area contributed by atoms with Crippen LogP contribution in [-0.2, 0) is 14.8 Å². The number of hydrogen-bond acceptors (Lipinski definition) is 5. The molecule has 150 valence electrons. The lowest BCUT2D eigenvalue weighted by molar-refractivity contribution is -0.112. The number of allylic oxidation sites excluding steroid dienone is 2. The van der Waals surface area contributed by atoms with Gasteiger partial charge in [-0.3, -0.25) is 4.79 Å². The van der Waals surface area contributed by atoms with Gasteiger partial charge in [0.25, 0.3) is 15.9 Å². The molecule has 0 saturated heterocycles. The monoisotopic (exact) mass is 419 g/mol. The van der Waals surface area contributed by atoms with Gasteiger partial charge in [0.2, 0.25) is 0 Å². The van der Waals surface area contributed by atoms with E-state index < -0.39 is 15.9 Å². The number of imidazole rings is 1. The number of H-pyrrole nitrogens is 1. The number of rotatable bonds is 3. The summed E-state index contributed by atoms with van der Waals surface area (Å²) >= 11 is 0. The van der Waals surface area contributed by atoms with E-state index in [1.807, 2.05) is 42.5 Å². The lowest BCUT2D eigenvalue weighted by Crippen LogP contribution is -2.40. The van der Waals surface area contributed by atoms with Gasteiger partial charge in [-0.1, -0.05) is 24.3 Å². The maximum absolute atomic E-state index is 12.9. The van der Waals surface area contributed by atoms with E-state index in [0.29, 0.717) is 11.5 Å². The molecule has 5 rings (SSSR count). The molecule has 2 aliphatic rings. The smallest absolute Gasteiger partial charge is 0.259 e. The molecule has 1 aromatic heterocycles. The summed E-state index contributed by atoms with van der Waals surface area (Å²) in [4.78, 5) is 22.4. The summed E-state index contributed by atoms with van der Waals surface area (Å²) < 4.78 is 27.6. The number of aromatic nitrogens is 2. The van der Waals surface area contributed by atoms with Crippen LogP contribution in [-0.4, -0.2) is 47.3 Å². The third kappa shape index (κ3) is 3.39. The van der Waals surface area contributed by atoms with Crippen LogP contribution in [0.25, 0.3) is 22.4 Å². The molecule has 0 saturated carbocycles. The fraction of sp³-hybridized carbons (Fsp3) is 0.0952. The van der Waals surface area contributed by atoms with Crippen molar-refractivity contribution in [2.75, 3.05) is 17.6 Å². The summed E-state index contributed by atoms with van der Waals surface area (Å²) in [5, 5.41) is 2.83. The molecule has 3 heterocycles. The van der Waals surface area contributed by atoms with Gasteiger partial charge in [0, 0.05) is 24.0 Å². The molecule has 0 bridgehead atoms. The molecular formula is C21H17N5O3S. The van der Waals surface area contributed by atoms with E-state index in [1.54, 1.807) is 29.3 Å². The summed E-state index contributed by atoms with van der Waals surface area (Å²) in [6, 6.07) is 15.0. The Kier molecular flexibility index (Phi) is 4.25. The second-order valence-electron chi connectivity index (χ2n) is 6.95. The van der Waals surface area contributed by atoms with E-state index in [2.05, 4.69) is 19.7 Å². The summed E-state index contributed by atoms with van der Waals surface area (Å²) in [5.74, 6) is 0.340. The van der Waals surface area contributed by atoms with Crippen LogP contribution in [0.2, 0.25) is 0 Å². The Hall–Kier alpha value is -3.72. The minimum atomic E-state index is -3.57. The lowest BCUT2D eigenvalue weighted by atomic mass is 10.1. The molecule has 2 aromatic carbocycles. The Morgan fingerprint density at radius 3 is 2.87 bits per heavy atom. The molecule has 1 amide bonds. The van der Waals surface area contributed by atoms with Gasteiger partial charge < -0.3 is 15.2 Å². The Balaban J connectivity index is 1.43. The Bertz CT molecular complexity index is 1340. The van der Waals surface area contributed by atoms with Crippen molar-refractivity contribution in [2.45, 2.75) is 0 Å². The third-order valence-electron chi connectivity index (χ3n) is 4.89. The molecule has 2 N–H and O–H groups in total. The Labute approximate surface area is 172 Å². The number of nitrogens with zero attached hydrogens (tertiary/aromatic N) is 3. The number of amidine groups is 1. The van der Waals surface area contributed by atoms with Gasteiger partial charge in [-0.05, 0) is 36.4 Å². The van der Waals surface area contributed by atoms with Crippen molar-refractivity contribution in [2.24, 2.45) is 4.40 Å². The Morgan fingerprint density at radius 2 is 2.00 bits per heavy atom. The number of anilines is 1. The van der Waals surface area contributed by atoms with Crippen molar-refractivity contribution in [3.63, 3.8) is 0 Å². The van der Waals surface area contributed by atoms with Gasteiger partial charge in [0.15, 0.2) is 5.84 Å². The number of para-hydroxylation sites is 2. The first kappa shape index (κ1) is 18.3. The van der Waals surface area contributed by atoms with Crippen LogP contribution in [0.15, 0.2) is 76.9 Å². The van der Waals surface area contributed by atoms with Gasteiger partial charge in [-0.15, -0.1) is 4.40 Å². The molecule has 2 aliphatic heterocycles. The quantitative estimate of drug-likeness (QED) is 0.679. The highest BCUT2D eigenvalue weighted by molar-refractivity contribution is 7.90. The second-order valence-corrected chi connectivity index (χ2v) is 8.71. The fourth-order valence-electron chi connectivity index (χ4n) is 3.43. The highest BCUT2D eigenvalue weighted by Crippen LogP contribution is 2.24. The van der Waals surface area contributed by atoms with Gasteiger partial charge in [-0.2, -0.15) is 0 Å². The SMILES string of the molecule is O=C(Nc1cccc(-c2nc3ccccc3[nH]2)c1)C1=CC=CN2CCS(=O)(=O)N=C12. The molecule has 8 nitrogen and oxygen atoms in total. The van der Waals surface area contributed by atoms with E-state index in [-0.39, 0.29) is 23.7 Å². The average Bonchev–Trinajstić information content (AvgIpc) is 3.17. The first-order valence-electron chi connectivity index (χ1n) is 9.33. The van der Waals surface area contributed by atoms with E-state index in [0.717, 1.165) is 16.6 Å². The largest absolute Gasteiger partial charge is 0.338 e. The van der Waals surface area contributed by atoms with E-state index in [4.69, 9.17) is 0 Å². The van der Waals surface area contributed by atoms with Crippen molar-refractivity contribution < 1.29 is 13.2 Å². The van der Waals surface area contributed by atoms with E-state index in [9.17, 15) is 13.2 Å². The predicted molar refractivity (Wildman–Crippen MR) is 115 cm³/mol. The van der Waals surface area contributed by atoms with Crippen molar-refractivity contribution in [3.8, 4) is 11.4 Å². The zero-order valence-electron chi connectivity index (χ0n) is 15.7. The highest BCUT2D eigenvalue weighted by Gasteiger charge is 2.30. The van der Waals surface area contributed by atoms with E-state index in [1.165, 1.54) is 0 Å². The maximum atomic E-state index is 12.9. The van der Waals surface area contributed by atoms with Crippen LogP contribution < -0.4 is 5.32 Å². The minimum Gasteiger partial charge on any atom is -0.338 e. The van der Waals surface area contributed by atoms with Gasteiger partial charge in [-0.25, -0.2) is 13.4 Å². The van der Waals surface area contributed by atoms with Crippen LogP contribution in [0, 0.1) is 0 Å². The van der Waals surface area contributed by atoms with E-state index >= 15 is 0 Å². The molecule has 0 radical (unpaired) electrons. The average molecular weight is 419 g/mol. The summed E-state index contributed by atoms with van der Waals surface area (Å²) in [5.41, 5.74) is 3.38. The number of nitrogens with one attached hydrogen (secondary N) is 2. The molecule has 30 heavy (non-hydrogen) atoms. The number of fused-ring (bicyclic) bond motifs is 2. The van der Waals surface area contributed by atoms with Crippen LogP contribution in [0.1, 0.15) is 0 Å². The zero-order chi connectivity index (χ0) is 20.7. The number of aromatic amines is 1. The first-order valence-corrected chi connectivity index (χ1v) is 10.9. The number of benzene rings is 2. The van der Waals surface area contributed by atoms with Crippen LogP contribution in [0.5, 0.6) is 0 Å². The van der Waals surface area contributed by atoms with Crippen molar-refractivity contribution in [1.29, 1.82) is 0 Å². The third-order valence-corrected chi connectivity index (χ3v) is 6.04. The van der Waals surface area contributed by atoms with Crippen molar-refractivity contribution in [1.82, 2.24) is 14.9 Å². The minimum absolute atomic E-state index is 0.0741. The van der Waals surface area contributed by atoms with Crippen LogP contribution in [0.3, 0.4) is 0 Å².